The normalized spacial score (nSPS) is 20.4. The van der Waals surface area contributed by atoms with Crippen LogP contribution in [0.5, 0.6) is 0 Å². The molecule has 1 atom stereocenters. The van der Waals surface area contributed by atoms with Crippen molar-refractivity contribution in [2.75, 3.05) is 19.7 Å². The average Bonchev–Trinajstić information content (AvgIpc) is 2.38. The standard InChI is InChI=1S/C11H11F3N2O3/c12-11(13,14)8-6-16(3-4-19-8)10(18)7-1-2-9(17)15-5-7/h1-2,5,8H,3-4,6H2,(H,15,17)/t8-/m0/s1. The number of morpholine rings is 1. The number of alkyl halides is 3. The summed E-state index contributed by atoms with van der Waals surface area (Å²) in [6, 6.07) is 2.42. The predicted octanol–water partition coefficient (Wildman–Crippen LogP) is 0.778. The smallest absolute Gasteiger partial charge is 0.365 e. The molecule has 19 heavy (non-hydrogen) atoms. The first-order chi connectivity index (χ1) is 8.88. The van der Waals surface area contributed by atoms with E-state index in [0.717, 1.165) is 11.0 Å². The second-order valence-corrected chi connectivity index (χ2v) is 4.09. The molecular weight excluding hydrogens is 265 g/mol. The molecule has 0 bridgehead atoms. The van der Waals surface area contributed by atoms with E-state index in [4.69, 9.17) is 0 Å². The number of pyridine rings is 1. The number of carbonyl (C=O) groups excluding carboxylic acids is 1. The van der Waals surface area contributed by atoms with Crippen LogP contribution in [0.4, 0.5) is 13.2 Å². The number of nitrogens with zero attached hydrogens (tertiary/aromatic N) is 1. The van der Waals surface area contributed by atoms with Crippen molar-refractivity contribution in [1.29, 1.82) is 0 Å². The quantitative estimate of drug-likeness (QED) is 0.824. The third kappa shape index (κ3) is 3.14. The van der Waals surface area contributed by atoms with E-state index < -0.39 is 24.7 Å². The summed E-state index contributed by atoms with van der Waals surface area (Å²) in [6.45, 7) is -0.620. The van der Waals surface area contributed by atoms with Crippen LogP contribution in [0.15, 0.2) is 23.1 Å². The van der Waals surface area contributed by atoms with Gasteiger partial charge in [-0.25, -0.2) is 0 Å². The summed E-state index contributed by atoms with van der Waals surface area (Å²) < 4.78 is 42.2. The van der Waals surface area contributed by atoms with Gasteiger partial charge in [0.2, 0.25) is 5.56 Å². The highest BCUT2D eigenvalue weighted by atomic mass is 19.4. The van der Waals surface area contributed by atoms with Gasteiger partial charge in [-0.3, -0.25) is 9.59 Å². The molecule has 0 saturated carbocycles. The van der Waals surface area contributed by atoms with E-state index in [9.17, 15) is 22.8 Å². The van der Waals surface area contributed by atoms with Gasteiger partial charge in [0.15, 0.2) is 6.10 Å². The highest BCUT2D eigenvalue weighted by Crippen LogP contribution is 2.26. The molecule has 1 N–H and O–H groups in total. The minimum Gasteiger partial charge on any atom is -0.365 e. The predicted molar refractivity (Wildman–Crippen MR) is 58.8 cm³/mol. The van der Waals surface area contributed by atoms with Crippen molar-refractivity contribution in [3.8, 4) is 0 Å². The SMILES string of the molecule is O=C(c1ccc(=O)[nH]c1)N1CCO[C@H](C(F)(F)F)C1. The van der Waals surface area contributed by atoms with Gasteiger partial charge >= 0.3 is 6.18 Å². The van der Waals surface area contributed by atoms with E-state index in [1.807, 2.05) is 0 Å². The lowest BCUT2D eigenvalue weighted by molar-refractivity contribution is -0.233. The fourth-order valence-electron chi connectivity index (χ4n) is 1.76. The Morgan fingerprint density at radius 2 is 2.16 bits per heavy atom. The zero-order valence-corrected chi connectivity index (χ0v) is 9.74. The van der Waals surface area contributed by atoms with E-state index in [1.54, 1.807) is 0 Å². The first kappa shape index (κ1) is 13.6. The Labute approximate surface area is 106 Å². The lowest BCUT2D eigenvalue weighted by Crippen LogP contribution is -2.51. The van der Waals surface area contributed by atoms with Crippen molar-refractivity contribution in [3.05, 3.63) is 34.2 Å². The lowest BCUT2D eigenvalue weighted by atomic mass is 10.2. The van der Waals surface area contributed by atoms with Crippen molar-refractivity contribution in [3.63, 3.8) is 0 Å². The van der Waals surface area contributed by atoms with Crippen LogP contribution >= 0.6 is 0 Å². The van der Waals surface area contributed by atoms with E-state index in [-0.39, 0.29) is 24.3 Å². The second-order valence-electron chi connectivity index (χ2n) is 4.09. The number of halogens is 3. The highest BCUT2D eigenvalue weighted by Gasteiger charge is 2.44. The Hall–Kier alpha value is -1.83. The monoisotopic (exact) mass is 276 g/mol. The highest BCUT2D eigenvalue weighted by molar-refractivity contribution is 5.93. The van der Waals surface area contributed by atoms with Gasteiger partial charge in [-0.15, -0.1) is 0 Å². The van der Waals surface area contributed by atoms with Crippen LogP contribution in [-0.4, -0.2) is 47.8 Å². The van der Waals surface area contributed by atoms with Crippen LogP contribution in [-0.2, 0) is 4.74 Å². The van der Waals surface area contributed by atoms with Crippen molar-refractivity contribution < 1.29 is 22.7 Å². The maximum Gasteiger partial charge on any atom is 0.416 e. The summed E-state index contributed by atoms with van der Waals surface area (Å²) in [4.78, 5) is 26.2. The zero-order valence-electron chi connectivity index (χ0n) is 9.74. The van der Waals surface area contributed by atoms with Crippen molar-refractivity contribution >= 4 is 5.91 Å². The molecule has 1 aliphatic rings. The molecule has 1 amide bonds. The van der Waals surface area contributed by atoms with Crippen molar-refractivity contribution in [2.45, 2.75) is 12.3 Å². The minimum atomic E-state index is -4.50. The Morgan fingerprint density at radius 3 is 2.74 bits per heavy atom. The molecule has 1 aromatic heterocycles. The number of hydrogen-bond donors (Lipinski definition) is 1. The number of amides is 1. The van der Waals surface area contributed by atoms with E-state index >= 15 is 0 Å². The third-order valence-electron chi connectivity index (χ3n) is 2.75. The summed E-state index contributed by atoms with van der Waals surface area (Å²) in [5.74, 6) is -0.561. The number of aromatic nitrogens is 1. The number of aromatic amines is 1. The molecule has 0 aliphatic carbocycles. The van der Waals surface area contributed by atoms with E-state index in [1.165, 1.54) is 12.3 Å². The maximum absolute atomic E-state index is 12.5. The molecule has 1 saturated heterocycles. The summed E-state index contributed by atoms with van der Waals surface area (Å²) in [5, 5.41) is 0. The fourth-order valence-corrected chi connectivity index (χ4v) is 1.76. The lowest BCUT2D eigenvalue weighted by Gasteiger charge is -2.33. The average molecular weight is 276 g/mol. The van der Waals surface area contributed by atoms with Crippen LogP contribution in [0.1, 0.15) is 10.4 Å². The molecule has 0 spiro atoms. The second kappa shape index (κ2) is 5.04. The molecule has 2 rings (SSSR count). The molecule has 0 radical (unpaired) electrons. The van der Waals surface area contributed by atoms with Gasteiger partial charge in [-0.1, -0.05) is 0 Å². The summed E-state index contributed by atoms with van der Waals surface area (Å²) in [6.07, 6.45) is -5.28. The largest absolute Gasteiger partial charge is 0.416 e. The van der Waals surface area contributed by atoms with Gasteiger partial charge in [0, 0.05) is 18.8 Å². The molecule has 8 heteroatoms. The van der Waals surface area contributed by atoms with Gasteiger partial charge < -0.3 is 14.6 Å². The van der Waals surface area contributed by atoms with Gasteiger partial charge in [-0.05, 0) is 6.07 Å². The molecule has 0 unspecified atom stereocenters. The fraction of sp³-hybridized carbons (Fsp3) is 0.455. The molecule has 104 valence electrons. The molecule has 1 fully saturated rings. The maximum atomic E-state index is 12.5. The van der Waals surface area contributed by atoms with Crippen LogP contribution in [0.25, 0.3) is 0 Å². The Kier molecular flexibility index (Phi) is 3.61. The number of hydrogen-bond acceptors (Lipinski definition) is 3. The summed E-state index contributed by atoms with van der Waals surface area (Å²) >= 11 is 0. The van der Waals surface area contributed by atoms with Crippen LogP contribution in [0.2, 0.25) is 0 Å². The molecule has 5 nitrogen and oxygen atoms in total. The zero-order chi connectivity index (χ0) is 14.0. The Bertz CT molecular complexity index is 506. The Morgan fingerprint density at radius 1 is 1.42 bits per heavy atom. The van der Waals surface area contributed by atoms with Crippen LogP contribution < -0.4 is 5.56 Å². The number of ether oxygens (including phenoxy) is 1. The Balaban J connectivity index is 2.11. The van der Waals surface area contributed by atoms with E-state index in [0.29, 0.717) is 0 Å². The summed E-state index contributed by atoms with van der Waals surface area (Å²) in [7, 11) is 0. The molecule has 1 aliphatic heterocycles. The first-order valence-corrected chi connectivity index (χ1v) is 5.54. The van der Waals surface area contributed by atoms with Crippen LogP contribution in [0.3, 0.4) is 0 Å². The van der Waals surface area contributed by atoms with Gasteiger partial charge in [-0.2, -0.15) is 13.2 Å². The van der Waals surface area contributed by atoms with E-state index in [2.05, 4.69) is 9.72 Å². The van der Waals surface area contributed by atoms with Gasteiger partial charge in [0.05, 0.1) is 18.7 Å². The molecule has 0 aromatic carbocycles. The number of carbonyl (C=O) groups is 1. The molecule has 2 heterocycles. The third-order valence-corrected chi connectivity index (χ3v) is 2.75. The van der Waals surface area contributed by atoms with Crippen molar-refractivity contribution in [1.82, 2.24) is 9.88 Å². The number of rotatable bonds is 1. The van der Waals surface area contributed by atoms with Crippen LogP contribution in [0, 0.1) is 0 Å². The van der Waals surface area contributed by atoms with Gasteiger partial charge in [0.25, 0.3) is 5.91 Å². The molecular formula is C11H11F3N2O3. The topological polar surface area (TPSA) is 62.4 Å². The minimum absolute atomic E-state index is 0.0878. The van der Waals surface area contributed by atoms with Gasteiger partial charge in [0.1, 0.15) is 0 Å². The summed E-state index contributed by atoms with van der Waals surface area (Å²) in [5.41, 5.74) is -0.242. The number of nitrogens with one attached hydrogen (secondary N) is 1. The van der Waals surface area contributed by atoms with Crippen molar-refractivity contribution in [2.24, 2.45) is 0 Å². The molecule has 1 aromatic rings. The number of H-pyrrole nitrogens is 1. The first-order valence-electron chi connectivity index (χ1n) is 5.54.